The molecule has 5 heteroatoms. The Labute approximate surface area is 119 Å². The van der Waals surface area contributed by atoms with Gasteiger partial charge in [-0.15, -0.1) is 0 Å². The first-order chi connectivity index (χ1) is 9.60. The monoisotopic (exact) mass is 275 g/mol. The maximum Gasteiger partial charge on any atom is 0.243 e. The van der Waals surface area contributed by atoms with Gasteiger partial charge < -0.3 is 15.0 Å². The summed E-state index contributed by atoms with van der Waals surface area (Å²) in [5, 5.41) is 3.99. The smallest absolute Gasteiger partial charge is 0.243 e. The van der Waals surface area contributed by atoms with Crippen LogP contribution in [0.25, 0.3) is 11.4 Å². The molecule has 0 radical (unpaired) electrons. The van der Waals surface area contributed by atoms with Crippen LogP contribution in [0.1, 0.15) is 39.1 Å². The van der Waals surface area contributed by atoms with Crippen LogP contribution < -0.4 is 10.5 Å². The SMILES string of the molecule is CCOc1cccc(-c2noc(C(N)CC(C)C)n2)c1. The summed E-state index contributed by atoms with van der Waals surface area (Å²) in [6.45, 7) is 6.80. The molecule has 0 bridgehead atoms. The first-order valence-electron chi connectivity index (χ1n) is 6.92. The van der Waals surface area contributed by atoms with Gasteiger partial charge in [0.25, 0.3) is 0 Å². The molecule has 2 N–H and O–H groups in total. The minimum Gasteiger partial charge on any atom is -0.494 e. The summed E-state index contributed by atoms with van der Waals surface area (Å²) in [5.41, 5.74) is 6.91. The van der Waals surface area contributed by atoms with E-state index in [-0.39, 0.29) is 6.04 Å². The molecule has 2 aromatic rings. The Bertz CT molecular complexity index is 552. The van der Waals surface area contributed by atoms with Crippen LogP contribution in [-0.4, -0.2) is 16.7 Å². The summed E-state index contributed by atoms with van der Waals surface area (Å²) >= 11 is 0. The average Bonchev–Trinajstić information content (AvgIpc) is 2.88. The molecule has 0 saturated carbocycles. The molecule has 2 rings (SSSR count). The second kappa shape index (κ2) is 6.52. The van der Waals surface area contributed by atoms with E-state index in [1.165, 1.54) is 0 Å². The van der Waals surface area contributed by atoms with Gasteiger partial charge in [0, 0.05) is 5.56 Å². The molecular formula is C15H21N3O2. The van der Waals surface area contributed by atoms with Gasteiger partial charge in [0.2, 0.25) is 11.7 Å². The molecule has 1 aromatic carbocycles. The van der Waals surface area contributed by atoms with Crippen LogP contribution in [0.5, 0.6) is 5.75 Å². The fourth-order valence-corrected chi connectivity index (χ4v) is 2.00. The predicted octanol–water partition coefficient (Wildman–Crippen LogP) is 3.18. The van der Waals surface area contributed by atoms with Crippen molar-refractivity contribution in [3.05, 3.63) is 30.2 Å². The highest BCUT2D eigenvalue weighted by Gasteiger charge is 2.17. The van der Waals surface area contributed by atoms with Gasteiger partial charge in [-0.3, -0.25) is 0 Å². The quantitative estimate of drug-likeness (QED) is 0.876. The van der Waals surface area contributed by atoms with Gasteiger partial charge in [-0.05, 0) is 31.4 Å². The third-order valence-corrected chi connectivity index (χ3v) is 2.89. The van der Waals surface area contributed by atoms with E-state index in [4.69, 9.17) is 15.0 Å². The van der Waals surface area contributed by atoms with Crippen LogP contribution in [-0.2, 0) is 0 Å². The number of hydrogen-bond donors (Lipinski definition) is 1. The molecule has 20 heavy (non-hydrogen) atoms. The average molecular weight is 275 g/mol. The van der Waals surface area contributed by atoms with Crippen LogP contribution in [0.2, 0.25) is 0 Å². The van der Waals surface area contributed by atoms with Crippen molar-refractivity contribution >= 4 is 0 Å². The fraction of sp³-hybridized carbons (Fsp3) is 0.467. The van der Waals surface area contributed by atoms with Crippen molar-refractivity contribution in [2.45, 2.75) is 33.2 Å². The Morgan fingerprint density at radius 3 is 2.85 bits per heavy atom. The van der Waals surface area contributed by atoms with E-state index in [1.807, 2.05) is 31.2 Å². The van der Waals surface area contributed by atoms with Gasteiger partial charge in [0.15, 0.2) is 0 Å². The summed E-state index contributed by atoms with van der Waals surface area (Å²) in [6.07, 6.45) is 0.820. The highest BCUT2D eigenvalue weighted by Crippen LogP contribution is 2.24. The third kappa shape index (κ3) is 3.57. The van der Waals surface area contributed by atoms with E-state index in [9.17, 15) is 0 Å². The van der Waals surface area contributed by atoms with E-state index < -0.39 is 0 Å². The molecule has 0 aliphatic carbocycles. The van der Waals surface area contributed by atoms with Gasteiger partial charge in [0.05, 0.1) is 12.6 Å². The Morgan fingerprint density at radius 1 is 1.35 bits per heavy atom. The Kier molecular flexibility index (Phi) is 4.74. The summed E-state index contributed by atoms with van der Waals surface area (Å²) < 4.78 is 10.7. The molecular weight excluding hydrogens is 254 g/mol. The molecule has 0 fully saturated rings. The number of benzene rings is 1. The third-order valence-electron chi connectivity index (χ3n) is 2.89. The van der Waals surface area contributed by atoms with Gasteiger partial charge in [-0.2, -0.15) is 4.98 Å². The largest absolute Gasteiger partial charge is 0.494 e. The minimum atomic E-state index is -0.216. The van der Waals surface area contributed by atoms with Crippen molar-refractivity contribution in [1.82, 2.24) is 10.1 Å². The molecule has 0 amide bonds. The number of nitrogens with two attached hydrogens (primary N) is 1. The lowest BCUT2D eigenvalue weighted by atomic mass is 10.0. The normalized spacial score (nSPS) is 12.7. The van der Waals surface area contributed by atoms with E-state index >= 15 is 0 Å². The lowest BCUT2D eigenvalue weighted by Crippen LogP contribution is -2.13. The van der Waals surface area contributed by atoms with Crippen LogP contribution >= 0.6 is 0 Å². The van der Waals surface area contributed by atoms with Gasteiger partial charge in [-0.25, -0.2) is 0 Å². The number of ether oxygens (including phenoxy) is 1. The van der Waals surface area contributed by atoms with Crippen molar-refractivity contribution in [2.24, 2.45) is 11.7 Å². The molecule has 1 heterocycles. The minimum absolute atomic E-state index is 0.216. The van der Waals surface area contributed by atoms with Crippen molar-refractivity contribution in [1.29, 1.82) is 0 Å². The summed E-state index contributed by atoms with van der Waals surface area (Å²) in [5.74, 6) is 2.31. The molecule has 0 saturated heterocycles. The predicted molar refractivity (Wildman–Crippen MR) is 77.3 cm³/mol. The first kappa shape index (κ1) is 14.5. The summed E-state index contributed by atoms with van der Waals surface area (Å²) in [6, 6.07) is 7.41. The maximum atomic E-state index is 6.04. The van der Waals surface area contributed by atoms with Gasteiger partial charge >= 0.3 is 0 Å². The van der Waals surface area contributed by atoms with Crippen LogP contribution in [0.15, 0.2) is 28.8 Å². The number of aromatic nitrogens is 2. The Balaban J connectivity index is 2.17. The van der Waals surface area contributed by atoms with Crippen molar-refractivity contribution in [3.8, 4) is 17.1 Å². The van der Waals surface area contributed by atoms with Crippen molar-refractivity contribution in [2.75, 3.05) is 6.61 Å². The van der Waals surface area contributed by atoms with E-state index in [1.54, 1.807) is 0 Å². The van der Waals surface area contributed by atoms with E-state index in [2.05, 4.69) is 24.0 Å². The zero-order chi connectivity index (χ0) is 14.5. The zero-order valence-electron chi connectivity index (χ0n) is 12.2. The maximum absolute atomic E-state index is 6.04. The highest BCUT2D eigenvalue weighted by atomic mass is 16.5. The van der Waals surface area contributed by atoms with E-state index in [0.717, 1.165) is 17.7 Å². The molecule has 1 unspecified atom stereocenters. The van der Waals surface area contributed by atoms with Crippen LogP contribution in [0, 0.1) is 5.92 Å². The van der Waals surface area contributed by atoms with E-state index in [0.29, 0.717) is 24.2 Å². The molecule has 0 aliphatic rings. The second-order valence-electron chi connectivity index (χ2n) is 5.15. The molecule has 1 aromatic heterocycles. The molecule has 1 atom stereocenters. The van der Waals surface area contributed by atoms with Gasteiger partial charge in [0.1, 0.15) is 5.75 Å². The molecule has 0 aliphatic heterocycles. The molecule has 5 nitrogen and oxygen atoms in total. The summed E-state index contributed by atoms with van der Waals surface area (Å²) in [7, 11) is 0. The Hall–Kier alpha value is -1.88. The van der Waals surface area contributed by atoms with Crippen LogP contribution in [0.3, 0.4) is 0 Å². The van der Waals surface area contributed by atoms with Crippen molar-refractivity contribution in [3.63, 3.8) is 0 Å². The summed E-state index contributed by atoms with van der Waals surface area (Å²) in [4.78, 5) is 4.38. The number of nitrogens with zero attached hydrogens (tertiary/aromatic N) is 2. The lowest BCUT2D eigenvalue weighted by Gasteiger charge is -2.08. The first-order valence-corrected chi connectivity index (χ1v) is 6.92. The zero-order valence-corrected chi connectivity index (χ0v) is 12.2. The fourth-order valence-electron chi connectivity index (χ4n) is 2.00. The molecule has 108 valence electrons. The Morgan fingerprint density at radius 2 is 2.15 bits per heavy atom. The number of rotatable bonds is 6. The standard InChI is InChI=1S/C15H21N3O2/c1-4-19-12-7-5-6-11(9-12)14-17-15(20-18-14)13(16)8-10(2)3/h5-7,9-10,13H,4,8,16H2,1-3H3. The van der Waals surface area contributed by atoms with Gasteiger partial charge in [-0.1, -0.05) is 31.1 Å². The lowest BCUT2D eigenvalue weighted by molar-refractivity contribution is 0.335. The van der Waals surface area contributed by atoms with Crippen molar-refractivity contribution < 1.29 is 9.26 Å². The van der Waals surface area contributed by atoms with Crippen LogP contribution in [0.4, 0.5) is 0 Å². The topological polar surface area (TPSA) is 74.2 Å². The second-order valence-corrected chi connectivity index (χ2v) is 5.15. The molecule has 0 spiro atoms. The highest BCUT2D eigenvalue weighted by molar-refractivity contribution is 5.56. The number of hydrogen-bond acceptors (Lipinski definition) is 5.